The summed E-state index contributed by atoms with van der Waals surface area (Å²) in [6.07, 6.45) is 0.231. The van der Waals surface area contributed by atoms with Crippen LogP contribution in [0.4, 0.5) is 16.2 Å². The van der Waals surface area contributed by atoms with E-state index in [0.717, 1.165) is 5.56 Å². The lowest BCUT2D eigenvalue weighted by atomic mass is 10.1. The highest BCUT2D eigenvalue weighted by Crippen LogP contribution is 2.16. The monoisotopic (exact) mass is 331 g/mol. The second-order valence-corrected chi connectivity index (χ2v) is 5.36. The average Bonchev–Trinajstić information content (AvgIpc) is 2.47. The number of amides is 3. The van der Waals surface area contributed by atoms with Gasteiger partial charge in [-0.1, -0.05) is 29.8 Å². The molecule has 0 fully saturated rings. The number of anilines is 2. The molecule has 2 aromatic carbocycles. The number of benzene rings is 2. The third-order valence-electron chi connectivity index (χ3n) is 3.00. The van der Waals surface area contributed by atoms with Crippen LogP contribution in [0.1, 0.15) is 12.5 Å². The van der Waals surface area contributed by atoms with Crippen molar-refractivity contribution in [3.05, 3.63) is 59.1 Å². The number of halogens is 1. The predicted molar refractivity (Wildman–Crippen MR) is 92.9 cm³/mol. The fourth-order valence-corrected chi connectivity index (χ4v) is 2.26. The Morgan fingerprint density at radius 3 is 2.39 bits per heavy atom. The smallest absolute Gasteiger partial charge is 0.319 e. The molecule has 0 aliphatic rings. The van der Waals surface area contributed by atoms with Crippen molar-refractivity contribution in [2.75, 3.05) is 17.2 Å². The molecule has 0 saturated carbocycles. The maximum atomic E-state index is 12.1. The molecule has 120 valence electrons. The van der Waals surface area contributed by atoms with E-state index in [4.69, 9.17) is 11.6 Å². The van der Waals surface area contributed by atoms with Gasteiger partial charge in [0, 0.05) is 22.9 Å². The van der Waals surface area contributed by atoms with E-state index < -0.39 is 0 Å². The molecular weight excluding hydrogens is 314 g/mol. The van der Waals surface area contributed by atoms with Gasteiger partial charge in [0.2, 0.25) is 5.91 Å². The van der Waals surface area contributed by atoms with Crippen LogP contribution >= 0.6 is 11.6 Å². The first-order valence-electron chi connectivity index (χ1n) is 7.26. The van der Waals surface area contributed by atoms with E-state index in [9.17, 15) is 9.59 Å². The minimum atomic E-state index is -0.282. The molecule has 0 aliphatic heterocycles. The zero-order valence-electron chi connectivity index (χ0n) is 12.7. The van der Waals surface area contributed by atoms with Crippen molar-refractivity contribution in [3.8, 4) is 0 Å². The van der Waals surface area contributed by atoms with Gasteiger partial charge in [-0.05, 0) is 42.8 Å². The standard InChI is InChI=1S/C17H18ClN3O2/c1-2-19-17(23)21-15-8-4-7-14(11-15)20-16(22)10-12-5-3-6-13(18)9-12/h3-9,11H,2,10H2,1H3,(H,20,22)(H2,19,21,23). The van der Waals surface area contributed by atoms with Crippen LogP contribution in [0.15, 0.2) is 48.5 Å². The molecular formula is C17H18ClN3O2. The van der Waals surface area contributed by atoms with Crippen LogP contribution in [0.25, 0.3) is 0 Å². The second kappa shape index (κ2) is 8.19. The second-order valence-electron chi connectivity index (χ2n) is 4.92. The summed E-state index contributed by atoms with van der Waals surface area (Å²) in [7, 11) is 0. The van der Waals surface area contributed by atoms with Gasteiger partial charge >= 0.3 is 6.03 Å². The number of hydrogen-bond acceptors (Lipinski definition) is 2. The van der Waals surface area contributed by atoms with E-state index in [1.165, 1.54) is 0 Å². The summed E-state index contributed by atoms with van der Waals surface area (Å²) >= 11 is 5.91. The Labute approximate surface area is 140 Å². The summed E-state index contributed by atoms with van der Waals surface area (Å²) in [4.78, 5) is 23.6. The van der Waals surface area contributed by atoms with Crippen molar-refractivity contribution >= 4 is 34.9 Å². The summed E-state index contributed by atoms with van der Waals surface area (Å²) in [6.45, 7) is 2.38. The molecule has 0 radical (unpaired) electrons. The van der Waals surface area contributed by atoms with Crippen LogP contribution in [0, 0.1) is 0 Å². The molecule has 0 atom stereocenters. The maximum Gasteiger partial charge on any atom is 0.319 e. The van der Waals surface area contributed by atoms with E-state index >= 15 is 0 Å². The number of carbonyl (C=O) groups is 2. The van der Waals surface area contributed by atoms with Gasteiger partial charge in [0.1, 0.15) is 0 Å². The molecule has 3 N–H and O–H groups in total. The van der Waals surface area contributed by atoms with Crippen LogP contribution in [-0.2, 0) is 11.2 Å². The zero-order chi connectivity index (χ0) is 16.7. The first-order chi connectivity index (χ1) is 11.1. The summed E-state index contributed by atoms with van der Waals surface area (Å²) in [5, 5.41) is 8.74. The quantitative estimate of drug-likeness (QED) is 0.782. The number of carbonyl (C=O) groups excluding carboxylic acids is 2. The fourth-order valence-electron chi connectivity index (χ4n) is 2.05. The highest BCUT2D eigenvalue weighted by atomic mass is 35.5. The summed E-state index contributed by atoms with van der Waals surface area (Å²) in [6, 6.07) is 13.9. The highest BCUT2D eigenvalue weighted by molar-refractivity contribution is 6.30. The number of rotatable bonds is 5. The Hall–Kier alpha value is -2.53. The Kier molecular flexibility index (Phi) is 6.00. The van der Waals surface area contributed by atoms with Gasteiger partial charge in [0.25, 0.3) is 0 Å². The SMILES string of the molecule is CCNC(=O)Nc1cccc(NC(=O)Cc2cccc(Cl)c2)c1. The molecule has 5 nitrogen and oxygen atoms in total. The lowest BCUT2D eigenvalue weighted by Gasteiger charge is -2.09. The molecule has 2 rings (SSSR count). The molecule has 3 amide bonds. The van der Waals surface area contributed by atoms with Gasteiger partial charge in [0.15, 0.2) is 0 Å². The van der Waals surface area contributed by atoms with Crippen LogP contribution in [-0.4, -0.2) is 18.5 Å². The van der Waals surface area contributed by atoms with E-state index in [1.807, 2.05) is 19.1 Å². The van der Waals surface area contributed by atoms with Crippen molar-refractivity contribution in [2.45, 2.75) is 13.3 Å². The van der Waals surface area contributed by atoms with Crippen molar-refractivity contribution in [1.29, 1.82) is 0 Å². The molecule has 6 heteroatoms. The molecule has 23 heavy (non-hydrogen) atoms. The third kappa shape index (κ3) is 5.64. The van der Waals surface area contributed by atoms with Crippen molar-refractivity contribution in [1.82, 2.24) is 5.32 Å². The lowest BCUT2D eigenvalue weighted by Crippen LogP contribution is -2.28. The molecule has 0 aromatic heterocycles. The van der Waals surface area contributed by atoms with Crippen LogP contribution in [0.2, 0.25) is 5.02 Å². The molecule has 0 bridgehead atoms. The first-order valence-corrected chi connectivity index (χ1v) is 7.64. The number of urea groups is 1. The largest absolute Gasteiger partial charge is 0.338 e. The molecule has 0 saturated heterocycles. The van der Waals surface area contributed by atoms with Crippen molar-refractivity contribution < 1.29 is 9.59 Å². The molecule has 0 heterocycles. The van der Waals surface area contributed by atoms with Gasteiger partial charge in [0.05, 0.1) is 6.42 Å². The molecule has 2 aromatic rings. The van der Waals surface area contributed by atoms with E-state index in [1.54, 1.807) is 36.4 Å². The Morgan fingerprint density at radius 2 is 1.70 bits per heavy atom. The first kappa shape index (κ1) is 16.8. The van der Waals surface area contributed by atoms with Gasteiger partial charge in [-0.2, -0.15) is 0 Å². The third-order valence-corrected chi connectivity index (χ3v) is 3.23. The number of hydrogen-bond donors (Lipinski definition) is 3. The minimum absolute atomic E-state index is 0.151. The van der Waals surface area contributed by atoms with E-state index in [0.29, 0.717) is 22.9 Å². The topological polar surface area (TPSA) is 70.2 Å². The molecule has 0 aliphatic carbocycles. The Morgan fingerprint density at radius 1 is 1.00 bits per heavy atom. The predicted octanol–water partition coefficient (Wildman–Crippen LogP) is 3.66. The van der Waals surface area contributed by atoms with E-state index in [2.05, 4.69) is 16.0 Å². The maximum absolute atomic E-state index is 12.1. The van der Waals surface area contributed by atoms with Gasteiger partial charge in [-0.3, -0.25) is 4.79 Å². The van der Waals surface area contributed by atoms with E-state index in [-0.39, 0.29) is 18.4 Å². The summed E-state index contributed by atoms with van der Waals surface area (Å²) in [5.41, 5.74) is 2.06. The van der Waals surface area contributed by atoms with Gasteiger partial charge in [-0.15, -0.1) is 0 Å². The van der Waals surface area contributed by atoms with Crippen LogP contribution in [0.3, 0.4) is 0 Å². The lowest BCUT2D eigenvalue weighted by molar-refractivity contribution is -0.115. The van der Waals surface area contributed by atoms with Gasteiger partial charge < -0.3 is 16.0 Å². The van der Waals surface area contributed by atoms with Crippen molar-refractivity contribution in [2.24, 2.45) is 0 Å². The van der Waals surface area contributed by atoms with Crippen LogP contribution < -0.4 is 16.0 Å². The Bertz CT molecular complexity index is 704. The van der Waals surface area contributed by atoms with Crippen LogP contribution in [0.5, 0.6) is 0 Å². The molecule has 0 spiro atoms. The Balaban J connectivity index is 1.97. The zero-order valence-corrected chi connectivity index (χ0v) is 13.5. The van der Waals surface area contributed by atoms with Crippen molar-refractivity contribution in [3.63, 3.8) is 0 Å². The highest BCUT2D eigenvalue weighted by Gasteiger charge is 2.06. The minimum Gasteiger partial charge on any atom is -0.338 e. The average molecular weight is 332 g/mol. The summed E-state index contributed by atoms with van der Waals surface area (Å²) < 4.78 is 0. The van der Waals surface area contributed by atoms with Gasteiger partial charge in [-0.25, -0.2) is 4.79 Å². The summed E-state index contributed by atoms with van der Waals surface area (Å²) in [5.74, 6) is -0.151. The normalized spacial score (nSPS) is 10.0. The molecule has 0 unspecified atom stereocenters. The fraction of sp³-hybridized carbons (Fsp3) is 0.176. The number of nitrogens with one attached hydrogen (secondary N) is 3.